The fourth-order valence-electron chi connectivity index (χ4n) is 4.27. The topological polar surface area (TPSA) is 55.6 Å². The van der Waals surface area contributed by atoms with E-state index >= 15 is 0 Å². The fourth-order valence-corrected chi connectivity index (χ4v) is 4.27. The number of fused-ring (bicyclic) bond motifs is 3. The molecule has 2 aromatic carbocycles. The van der Waals surface area contributed by atoms with Gasteiger partial charge in [0.1, 0.15) is 5.75 Å². The molecule has 1 amide bonds. The molecule has 31 heavy (non-hydrogen) atoms. The van der Waals surface area contributed by atoms with Gasteiger partial charge < -0.3 is 9.30 Å². The van der Waals surface area contributed by atoms with Crippen molar-refractivity contribution < 1.29 is 9.53 Å². The predicted molar refractivity (Wildman–Crippen MR) is 126 cm³/mol. The molecule has 1 aromatic heterocycles. The first-order valence-electron chi connectivity index (χ1n) is 11.4. The van der Waals surface area contributed by atoms with Gasteiger partial charge in [0.25, 0.3) is 0 Å². The first kappa shape index (κ1) is 21.2. The summed E-state index contributed by atoms with van der Waals surface area (Å²) in [7, 11) is 0. The molecule has 0 saturated carbocycles. The van der Waals surface area contributed by atoms with Crippen molar-refractivity contribution in [2.45, 2.75) is 58.4 Å². The van der Waals surface area contributed by atoms with E-state index in [1.54, 1.807) is 6.21 Å². The van der Waals surface area contributed by atoms with Gasteiger partial charge in [0.05, 0.1) is 12.8 Å². The second-order valence-corrected chi connectivity index (χ2v) is 8.12. The smallest absolute Gasteiger partial charge is 0.241 e. The Morgan fingerprint density at radius 1 is 1.13 bits per heavy atom. The fraction of sp³-hybridized carbons (Fsp3) is 0.385. The Hall–Kier alpha value is -3.08. The van der Waals surface area contributed by atoms with Crippen LogP contribution in [0.5, 0.6) is 5.75 Å². The highest BCUT2D eigenvalue weighted by Gasteiger charge is 2.19. The third kappa shape index (κ3) is 5.16. The third-order valence-corrected chi connectivity index (χ3v) is 5.90. The second-order valence-electron chi connectivity index (χ2n) is 8.12. The van der Waals surface area contributed by atoms with Gasteiger partial charge in [-0.15, -0.1) is 0 Å². The van der Waals surface area contributed by atoms with E-state index in [0.29, 0.717) is 13.0 Å². The first-order valence-corrected chi connectivity index (χ1v) is 11.4. The van der Waals surface area contributed by atoms with Gasteiger partial charge in [-0.3, -0.25) is 4.79 Å². The molecule has 5 heteroatoms. The maximum Gasteiger partial charge on any atom is 0.241 e. The molecule has 1 aliphatic rings. The number of benzene rings is 2. The summed E-state index contributed by atoms with van der Waals surface area (Å²) in [6.45, 7) is 3.56. The number of carbonyl (C=O) groups is 1. The van der Waals surface area contributed by atoms with E-state index < -0.39 is 0 Å². The van der Waals surface area contributed by atoms with E-state index in [1.165, 1.54) is 35.0 Å². The Bertz CT molecular complexity index is 1050. The molecule has 0 bridgehead atoms. The number of aryl methyl sites for hydroxylation is 2. The predicted octanol–water partition coefficient (Wildman–Crippen LogP) is 5.24. The minimum atomic E-state index is -0.0712. The largest absolute Gasteiger partial charge is 0.494 e. The Morgan fingerprint density at radius 3 is 2.77 bits per heavy atom. The average Bonchev–Trinajstić information content (AvgIpc) is 3.13. The molecular formula is C26H31N3O2. The molecule has 4 rings (SSSR count). The summed E-state index contributed by atoms with van der Waals surface area (Å²) in [4.78, 5) is 12.4. The molecular weight excluding hydrogens is 386 g/mol. The molecule has 0 spiro atoms. The number of ether oxygens (including phenoxy) is 1. The normalized spacial score (nSPS) is 13.5. The minimum absolute atomic E-state index is 0.0712. The summed E-state index contributed by atoms with van der Waals surface area (Å²) in [6.07, 6.45) is 8.96. The van der Waals surface area contributed by atoms with Gasteiger partial charge in [-0.2, -0.15) is 5.10 Å². The van der Waals surface area contributed by atoms with Crippen molar-refractivity contribution in [2.75, 3.05) is 6.61 Å². The number of hydrogen-bond acceptors (Lipinski definition) is 3. The number of hydrazone groups is 1. The zero-order valence-corrected chi connectivity index (χ0v) is 18.3. The summed E-state index contributed by atoms with van der Waals surface area (Å²) in [5.74, 6) is 0.787. The maximum atomic E-state index is 12.4. The van der Waals surface area contributed by atoms with Crippen molar-refractivity contribution >= 4 is 23.0 Å². The van der Waals surface area contributed by atoms with Gasteiger partial charge in [-0.1, -0.05) is 31.5 Å². The van der Waals surface area contributed by atoms with E-state index in [4.69, 9.17) is 4.74 Å². The van der Waals surface area contributed by atoms with E-state index in [0.717, 1.165) is 43.6 Å². The molecule has 0 aliphatic heterocycles. The summed E-state index contributed by atoms with van der Waals surface area (Å²) >= 11 is 0. The molecule has 1 heterocycles. The van der Waals surface area contributed by atoms with Crippen LogP contribution >= 0.6 is 0 Å². The van der Waals surface area contributed by atoms with Crippen molar-refractivity contribution in [1.29, 1.82) is 0 Å². The van der Waals surface area contributed by atoms with Crippen molar-refractivity contribution in [3.05, 3.63) is 65.4 Å². The van der Waals surface area contributed by atoms with E-state index in [1.807, 2.05) is 24.3 Å². The Balaban J connectivity index is 1.32. The number of unbranched alkanes of at least 4 members (excludes halogenated alkanes) is 1. The van der Waals surface area contributed by atoms with Crippen LogP contribution in [-0.4, -0.2) is 23.3 Å². The van der Waals surface area contributed by atoms with Gasteiger partial charge in [0.15, 0.2) is 0 Å². The molecule has 0 radical (unpaired) electrons. The number of amides is 1. The highest BCUT2D eigenvalue weighted by atomic mass is 16.5. The summed E-state index contributed by atoms with van der Waals surface area (Å²) in [6, 6.07) is 16.3. The summed E-state index contributed by atoms with van der Waals surface area (Å²) in [5, 5.41) is 5.47. The molecule has 0 saturated heterocycles. The van der Waals surface area contributed by atoms with Gasteiger partial charge in [0.2, 0.25) is 5.91 Å². The lowest BCUT2D eigenvalue weighted by atomic mass is 9.95. The number of carbonyl (C=O) groups excluding carboxylic acids is 1. The van der Waals surface area contributed by atoms with Crippen LogP contribution in [0.15, 0.2) is 53.6 Å². The number of aromatic nitrogens is 1. The van der Waals surface area contributed by atoms with Crippen molar-refractivity contribution in [1.82, 2.24) is 9.99 Å². The molecule has 1 aliphatic carbocycles. The lowest BCUT2D eigenvalue weighted by Crippen LogP contribution is -2.20. The van der Waals surface area contributed by atoms with Crippen LogP contribution in [-0.2, 0) is 24.2 Å². The molecule has 3 aromatic rings. The van der Waals surface area contributed by atoms with Gasteiger partial charge in [-0.25, -0.2) is 5.43 Å². The highest BCUT2D eigenvalue weighted by Crippen LogP contribution is 2.32. The number of nitrogens with zero attached hydrogens (tertiary/aromatic N) is 2. The molecule has 1 N–H and O–H groups in total. The molecule has 0 fully saturated rings. The quantitative estimate of drug-likeness (QED) is 0.294. The molecule has 0 atom stereocenters. The average molecular weight is 418 g/mol. The van der Waals surface area contributed by atoms with Crippen LogP contribution in [0.4, 0.5) is 0 Å². The van der Waals surface area contributed by atoms with Crippen LogP contribution < -0.4 is 10.2 Å². The van der Waals surface area contributed by atoms with Crippen LogP contribution in [0.1, 0.15) is 55.8 Å². The Morgan fingerprint density at radius 2 is 1.94 bits per heavy atom. The number of nitrogens with one attached hydrogen (secondary N) is 1. The zero-order chi connectivity index (χ0) is 21.5. The van der Waals surface area contributed by atoms with Crippen molar-refractivity contribution in [2.24, 2.45) is 5.10 Å². The van der Waals surface area contributed by atoms with Crippen molar-refractivity contribution in [3.8, 4) is 5.75 Å². The Kier molecular flexibility index (Phi) is 7.03. The summed E-state index contributed by atoms with van der Waals surface area (Å²) < 4.78 is 8.00. The number of rotatable bonds is 9. The van der Waals surface area contributed by atoms with Gasteiger partial charge >= 0.3 is 0 Å². The minimum Gasteiger partial charge on any atom is -0.494 e. The number of hydrogen-bond donors (Lipinski definition) is 1. The second kappa shape index (κ2) is 10.3. The van der Waals surface area contributed by atoms with Crippen molar-refractivity contribution in [3.63, 3.8) is 0 Å². The monoisotopic (exact) mass is 417 g/mol. The third-order valence-electron chi connectivity index (χ3n) is 5.90. The van der Waals surface area contributed by atoms with Crippen LogP contribution in [0.25, 0.3) is 10.9 Å². The van der Waals surface area contributed by atoms with Gasteiger partial charge in [0, 0.05) is 29.6 Å². The molecule has 0 unspecified atom stereocenters. The van der Waals surface area contributed by atoms with Crippen LogP contribution in [0, 0.1) is 0 Å². The lowest BCUT2D eigenvalue weighted by Gasteiger charge is -2.15. The standard InChI is InChI=1S/C26H31N3O2/c1-2-3-18-31-21-14-12-20(13-15-21)19-27-28-26(30)16-17-29-24-10-6-4-8-22(24)23-9-5-7-11-25(23)29/h4,6,8,10,12-15,19H,2-3,5,7,9,11,16-18H2,1H3,(H,28,30)/b27-19+. The van der Waals surface area contributed by atoms with E-state index in [-0.39, 0.29) is 5.91 Å². The van der Waals surface area contributed by atoms with E-state index in [2.05, 4.69) is 46.3 Å². The SMILES string of the molecule is CCCCOc1ccc(/C=N/NC(=O)CCn2c3c(c4ccccc42)CCCC3)cc1. The molecule has 5 nitrogen and oxygen atoms in total. The molecule has 162 valence electrons. The van der Waals surface area contributed by atoms with Crippen LogP contribution in [0.3, 0.4) is 0 Å². The first-order chi connectivity index (χ1) is 15.3. The number of para-hydroxylation sites is 1. The van der Waals surface area contributed by atoms with Crippen LogP contribution in [0.2, 0.25) is 0 Å². The Labute approximate surface area is 184 Å². The summed E-state index contributed by atoms with van der Waals surface area (Å²) in [5.41, 5.74) is 7.71. The maximum absolute atomic E-state index is 12.4. The van der Waals surface area contributed by atoms with E-state index in [9.17, 15) is 4.79 Å². The van der Waals surface area contributed by atoms with Gasteiger partial charge in [-0.05, 0) is 73.6 Å². The highest BCUT2D eigenvalue weighted by molar-refractivity contribution is 5.86. The lowest BCUT2D eigenvalue weighted by molar-refractivity contribution is -0.121. The zero-order valence-electron chi connectivity index (χ0n) is 18.3.